The van der Waals surface area contributed by atoms with Crippen LogP contribution in [0.5, 0.6) is 0 Å². The highest BCUT2D eigenvalue weighted by atomic mass is 16.5. The third-order valence-corrected chi connectivity index (χ3v) is 3.94. The number of pyridine rings is 1. The molecule has 0 spiro atoms. The second kappa shape index (κ2) is 6.32. The molecule has 6 nitrogen and oxygen atoms in total. The number of rotatable bonds is 4. The van der Waals surface area contributed by atoms with Gasteiger partial charge in [0.15, 0.2) is 5.82 Å². The summed E-state index contributed by atoms with van der Waals surface area (Å²) in [5, 5.41) is 5.07. The Balaban J connectivity index is 1.80. The highest BCUT2D eigenvalue weighted by Gasteiger charge is 2.14. The smallest absolute Gasteiger partial charge is 0.163 e. The van der Waals surface area contributed by atoms with Gasteiger partial charge < -0.3 is 9.42 Å². The zero-order valence-electron chi connectivity index (χ0n) is 14.0. The van der Waals surface area contributed by atoms with Crippen LogP contribution in [-0.2, 0) is 6.54 Å². The van der Waals surface area contributed by atoms with Gasteiger partial charge in [0.2, 0.25) is 0 Å². The number of para-hydroxylation sites is 1. The van der Waals surface area contributed by atoms with E-state index >= 15 is 0 Å². The summed E-state index contributed by atoms with van der Waals surface area (Å²) in [6.45, 7) is 2.49. The molecule has 25 heavy (non-hydrogen) atoms. The largest absolute Gasteiger partial charge is 0.361 e. The van der Waals surface area contributed by atoms with Crippen molar-refractivity contribution in [3.63, 3.8) is 0 Å². The van der Waals surface area contributed by atoms with Crippen molar-refractivity contribution in [1.82, 2.24) is 20.1 Å². The van der Waals surface area contributed by atoms with E-state index in [4.69, 9.17) is 9.51 Å². The molecular weight excluding hydrogens is 314 g/mol. The Bertz CT molecular complexity index is 1010. The Kier molecular flexibility index (Phi) is 3.85. The van der Waals surface area contributed by atoms with E-state index < -0.39 is 0 Å². The van der Waals surface area contributed by atoms with Crippen LogP contribution in [0.25, 0.3) is 22.3 Å². The van der Waals surface area contributed by atoms with Crippen molar-refractivity contribution in [2.45, 2.75) is 13.5 Å². The summed E-state index contributed by atoms with van der Waals surface area (Å²) in [4.78, 5) is 15.7. The Morgan fingerprint density at radius 3 is 2.72 bits per heavy atom. The molecule has 0 aliphatic heterocycles. The Hall–Kier alpha value is -3.28. The average Bonchev–Trinajstić information content (AvgIpc) is 3.06. The molecule has 0 saturated heterocycles. The van der Waals surface area contributed by atoms with Crippen LogP contribution in [0.3, 0.4) is 0 Å². The molecule has 0 bridgehead atoms. The number of aryl methyl sites for hydroxylation is 1. The molecule has 0 aliphatic carbocycles. The molecule has 124 valence electrons. The number of fused-ring (bicyclic) bond motifs is 1. The van der Waals surface area contributed by atoms with E-state index in [1.165, 1.54) is 0 Å². The minimum Gasteiger partial charge on any atom is -0.361 e. The highest BCUT2D eigenvalue weighted by Crippen LogP contribution is 2.27. The predicted molar refractivity (Wildman–Crippen MR) is 96.1 cm³/mol. The second-order valence-electron chi connectivity index (χ2n) is 5.91. The molecule has 0 fully saturated rings. The first-order valence-corrected chi connectivity index (χ1v) is 8.01. The molecule has 6 heteroatoms. The van der Waals surface area contributed by atoms with E-state index in [1.807, 2.05) is 56.4 Å². The summed E-state index contributed by atoms with van der Waals surface area (Å²) in [6.07, 6.45) is 3.51. The van der Waals surface area contributed by atoms with Gasteiger partial charge in [-0.05, 0) is 31.2 Å². The van der Waals surface area contributed by atoms with Crippen molar-refractivity contribution in [3.8, 4) is 11.4 Å². The van der Waals surface area contributed by atoms with Gasteiger partial charge in [-0.25, -0.2) is 9.97 Å². The van der Waals surface area contributed by atoms with Gasteiger partial charge in [0.05, 0.1) is 12.1 Å². The molecule has 0 amide bonds. The fourth-order valence-corrected chi connectivity index (χ4v) is 2.79. The Morgan fingerprint density at radius 2 is 1.96 bits per heavy atom. The topological polar surface area (TPSA) is 67.9 Å². The molecule has 3 aromatic heterocycles. The molecule has 0 N–H and O–H groups in total. The van der Waals surface area contributed by atoms with E-state index in [-0.39, 0.29) is 0 Å². The lowest BCUT2D eigenvalue weighted by Gasteiger charge is -2.19. The van der Waals surface area contributed by atoms with Crippen LogP contribution in [0.1, 0.15) is 11.5 Å². The summed E-state index contributed by atoms with van der Waals surface area (Å²) in [5.41, 5.74) is 2.65. The zero-order valence-corrected chi connectivity index (χ0v) is 14.0. The third-order valence-electron chi connectivity index (χ3n) is 3.94. The molecule has 3 heterocycles. The highest BCUT2D eigenvalue weighted by molar-refractivity contribution is 5.90. The van der Waals surface area contributed by atoms with E-state index in [9.17, 15) is 0 Å². The third kappa shape index (κ3) is 3.06. The monoisotopic (exact) mass is 331 g/mol. The van der Waals surface area contributed by atoms with Gasteiger partial charge in [-0.2, -0.15) is 0 Å². The summed E-state index contributed by atoms with van der Waals surface area (Å²) >= 11 is 0. The fraction of sp³-hybridized carbons (Fsp3) is 0.158. The number of hydrogen-bond donors (Lipinski definition) is 0. The molecule has 4 rings (SSSR count). The number of nitrogens with zero attached hydrogens (tertiary/aromatic N) is 5. The second-order valence-corrected chi connectivity index (χ2v) is 5.91. The molecule has 0 aliphatic rings. The van der Waals surface area contributed by atoms with Gasteiger partial charge in [0, 0.05) is 36.5 Å². The molecule has 0 radical (unpaired) electrons. The Morgan fingerprint density at radius 1 is 1.08 bits per heavy atom. The van der Waals surface area contributed by atoms with Crippen LogP contribution in [-0.4, -0.2) is 27.2 Å². The molecule has 1 aromatic carbocycles. The first-order chi connectivity index (χ1) is 12.2. The van der Waals surface area contributed by atoms with Gasteiger partial charge in [-0.3, -0.25) is 4.98 Å². The SMILES string of the molecule is Cc1cc(CN(C)c2nc(-c3cccnc3)nc3ccccc23)no1. The van der Waals surface area contributed by atoms with E-state index in [0.717, 1.165) is 33.7 Å². The van der Waals surface area contributed by atoms with Crippen LogP contribution < -0.4 is 4.90 Å². The van der Waals surface area contributed by atoms with Crippen molar-refractivity contribution in [3.05, 3.63) is 66.3 Å². The summed E-state index contributed by atoms with van der Waals surface area (Å²) in [7, 11) is 1.99. The molecular formula is C19H17N5O. The zero-order chi connectivity index (χ0) is 17.2. The lowest BCUT2D eigenvalue weighted by Crippen LogP contribution is -2.19. The molecule has 0 unspecified atom stereocenters. The van der Waals surface area contributed by atoms with Crippen LogP contribution in [0, 0.1) is 6.92 Å². The van der Waals surface area contributed by atoms with Crippen molar-refractivity contribution in [2.75, 3.05) is 11.9 Å². The van der Waals surface area contributed by atoms with Crippen LogP contribution in [0.4, 0.5) is 5.82 Å². The minimum absolute atomic E-state index is 0.602. The number of anilines is 1. The molecule has 0 atom stereocenters. The normalized spacial score (nSPS) is 11.0. The van der Waals surface area contributed by atoms with Gasteiger partial charge in [-0.15, -0.1) is 0 Å². The van der Waals surface area contributed by atoms with Crippen molar-refractivity contribution < 1.29 is 4.52 Å². The first kappa shape index (κ1) is 15.3. The minimum atomic E-state index is 0.602. The van der Waals surface area contributed by atoms with E-state index in [1.54, 1.807) is 12.4 Å². The maximum Gasteiger partial charge on any atom is 0.163 e. The lowest BCUT2D eigenvalue weighted by atomic mass is 10.2. The van der Waals surface area contributed by atoms with E-state index in [0.29, 0.717) is 12.4 Å². The number of hydrogen-bond acceptors (Lipinski definition) is 6. The van der Waals surface area contributed by atoms with Crippen LogP contribution >= 0.6 is 0 Å². The lowest BCUT2D eigenvalue weighted by molar-refractivity contribution is 0.390. The molecule has 4 aromatic rings. The maximum atomic E-state index is 5.16. The Labute approximate surface area is 145 Å². The van der Waals surface area contributed by atoms with E-state index in [2.05, 4.69) is 20.0 Å². The fourth-order valence-electron chi connectivity index (χ4n) is 2.79. The van der Waals surface area contributed by atoms with Crippen LogP contribution in [0.15, 0.2) is 59.4 Å². The summed E-state index contributed by atoms with van der Waals surface area (Å²) in [5.74, 6) is 2.31. The number of benzene rings is 1. The quantitative estimate of drug-likeness (QED) is 0.569. The summed E-state index contributed by atoms with van der Waals surface area (Å²) in [6, 6.07) is 13.8. The van der Waals surface area contributed by atoms with Crippen molar-refractivity contribution in [2.24, 2.45) is 0 Å². The summed E-state index contributed by atoms with van der Waals surface area (Å²) < 4.78 is 5.16. The van der Waals surface area contributed by atoms with Gasteiger partial charge in [-0.1, -0.05) is 17.3 Å². The predicted octanol–water partition coefficient (Wildman–Crippen LogP) is 3.62. The van der Waals surface area contributed by atoms with Crippen molar-refractivity contribution >= 4 is 16.7 Å². The van der Waals surface area contributed by atoms with Gasteiger partial charge in [0.25, 0.3) is 0 Å². The van der Waals surface area contributed by atoms with Crippen LogP contribution in [0.2, 0.25) is 0 Å². The average molecular weight is 331 g/mol. The van der Waals surface area contributed by atoms with Gasteiger partial charge >= 0.3 is 0 Å². The number of aromatic nitrogens is 4. The standard InChI is InChI=1S/C19H17N5O/c1-13-10-15(23-25-13)12-24(2)19-16-7-3-4-8-17(16)21-18(22-19)14-6-5-9-20-11-14/h3-11H,12H2,1-2H3. The molecule has 0 saturated carbocycles. The van der Waals surface area contributed by atoms with Crippen molar-refractivity contribution in [1.29, 1.82) is 0 Å². The maximum absolute atomic E-state index is 5.16. The van der Waals surface area contributed by atoms with Gasteiger partial charge in [0.1, 0.15) is 17.3 Å². The first-order valence-electron chi connectivity index (χ1n) is 8.01.